The molecule has 2 saturated heterocycles. The van der Waals surface area contributed by atoms with Crippen LogP contribution < -0.4 is 0 Å². The van der Waals surface area contributed by atoms with E-state index in [4.69, 9.17) is 4.74 Å². The van der Waals surface area contributed by atoms with E-state index in [-0.39, 0.29) is 18.2 Å². The molecule has 0 aromatic heterocycles. The lowest BCUT2D eigenvalue weighted by atomic mass is 9.92. The van der Waals surface area contributed by atoms with Crippen LogP contribution in [0.4, 0.5) is 4.79 Å². The van der Waals surface area contributed by atoms with E-state index in [2.05, 4.69) is 6.92 Å². The average molecular weight is 296 g/mol. The van der Waals surface area contributed by atoms with Crippen LogP contribution in [-0.2, 0) is 9.53 Å². The fourth-order valence-electron chi connectivity index (χ4n) is 3.93. The zero-order valence-electron chi connectivity index (χ0n) is 12.5. The number of hydrogen-bond acceptors (Lipinski definition) is 3. The molecule has 3 fully saturated rings. The van der Waals surface area contributed by atoms with Gasteiger partial charge in [-0.3, -0.25) is 0 Å². The highest BCUT2D eigenvalue weighted by Crippen LogP contribution is 2.32. The van der Waals surface area contributed by atoms with E-state index in [1.165, 1.54) is 0 Å². The molecule has 3 rings (SSSR count). The van der Waals surface area contributed by atoms with Crippen molar-refractivity contribution >= 4 is 12.0 Å². The number of carboxylic acids is 1. The maximum absolute atomic E-state index is 12.9. The summed E-state index contributed by atoms with van der Waals surface area (Å²) in [7, 11) is 0. The number of fused-ring (bicyclic) bond motifs is 1. The van der Waals surface area contributed by atoms with Crippen LogP contribution in [0.1, 0.15) is 39.0 Å². The molecule has 1 N–H and O–H groups in total. The SMILES string of the molecule is CC1CCN(C(=O)N2CCOC3CCCC32)C(C(=O)O)C1. The number of carbonyl (C=O) groups is 2. The minimum absolute atomic E-state index is 0.102. The number of carbonyl (C=O) groups excluding carboxylic acids is 1. The number of carboxylic acid groups (broad SMARTS) is 1. The normalized spacial score (nSPS) is 36.4. The first kappa shape index (κ1) is 14.6. The molecule has 0 aromatic carbocycles. The van der Waals surface area contributed by atoms with Gasteiger partial charge < -0.3 is 19.6 Å². The summed E-state index contributed by atoms with van der Waals surface area (Å²) < 4.78 is 5.73. The van der Waals surface area contributed by atoms with E-state index in [0.717, 1.165) is 25.7 Å². The van der Waals surface area contributed by atoms with Crippen LogP contribution in [0.2, 0.25) is 0 Å². The fraction of sp³-hybridized carbons (Fsp3) is 0.867. The Kier molecular flexibility index (Phi) is 4.06. The maximum Gasteiger partial charge on any atom is 0.326 e. The van der Waals surface area contributed by atoms with Gasteiger partial charge in [0, 0.05) is 13.1 Å². The average Bonchev–Trinajstić information content (AvgIpc) is 2.94. The molecule has 1 aliphatic carbocycles. The van der Waals surface area contributed by atoms with Gasteiger partial charge in [-0.1, -0.05) is 6.92 Å². The number of amides is 2. The first-order chi connectivity index (χ1) is 10.1. The van der Waals surface area contributed by atoms with E-state index in [9.17, 15) is 14.7 Å². The molecule has 21 heavy (non-hydrogen) atoms. The number of ether oxygens (including phenoxy) is 1. The number of piperidine rings is 1. The Morgan fingerprint density at radius 2 is 1.95 bits per heavy atom. The Labute approximate surface area is 125 Å². The van der Waals surface area contributed by atoms with Crippen molar-refractivity contribution in [2.24, 2.45) is 5.92 Å². The lowest BCUT2D eigenvalue weighted by molar-refractivity contribution is -0.144. The molecule has 118 valence electrons. The Bertz CT molecular complexity index is 428. The summed E-state index contributed by atoms with van der Waals surface area (Å²) in [5.74, 6) is -0.523. The summed E-state index contributed by atoms with van der Waals surface area (Å²) in [5.41, 5.74) is 0. The van der Waals surface area contributed by atoms with Crippen LogP contribution in [0, 0.1) is 5.92 Å². The van der Waals surface area contributed by atoms with Gasteiger partial charge in [0.05, 0.1) is 18.8 Å². The standard InChI is InChI=1S/C15H24N2O4/c1-10-5-6-16(12(9-10)14(18)19)15(20)17-7-8-21-13-4-2-3-11(13)17/h10-13H,2-9H2,1H3,(H,18,19). The van der Waals surface area contributed by atoms with Gasteiger partial charge in [-0.15, -0.1) is 0 Å². The molecule has 0 aromatic rings. The molecule has 0 spiro atoms. The summed E-state index contributed by atoms with van der Waals surface area (Å²) in [4.78, 5) is 27.8. The van der Waals surface area contributed by atoms with E-state index in [0.29, 0.717) is 32.0 Å². The molecule has 6 heteroatoms. The molecule has 0 radical (unpaired) electrons. The van der Waals surface area contributed by atoms with Crippen LogP contribution in [0.25, 0.3) is 0 Å². The van der Waals surface area contributed by atoms with Crippen LogP contribution in [0.3, 0.4) is 0 Å². The summed E-state index contributed by atoms with van der Waals surface area (Å²) in [6.07, 6.45) is 4.65. The number of nitrogens with zero attached hydrogens (tertiary/aromatic N) is 2. The minimum Gasteiger partial charge on any atom is -0.480 e. The van der Waals surface area contributed by atoms with Gasteiger partial charge in [0.1, 0.15) is 6.04 Å². The van der Waals surface area contributed by atoms with Crippen molar-refractivity contribution in [3.05, 3.63) is 0 Å². The lowest BCUT2D eigenvalue weighted by Crippen LogP contribution is -2.60. The highest BCUT2D eigenvalue weighted by atomic mass is 16.5. The number of aliphatic carboxylic acids is 1. The molecule has 2 heterocycles. The van der Waals surface area contributed by atoms with Crippen molar-refractivity contribution in [3.8, 4) is 0 Å². The molecule has 0 bridgehead atoms. The second-order valence-corrected chi connectivity index (χ2v) is 6.56. The fourth-order valence-corrected chi connectivity index (χ4v) is 3.93. The number of likely N-dealkylation sites (tertiary alicyclic amines) is 1. The first-order valence-electron chi connectivity index (χ1n) is 7.99. The van der Waals surface area contributed by atoms with Crippen LogP contribution >= 0.6 is 0 Å². The topological polar surface area (TPSA) is 70.1 Å². The molecule has 1 saturated carbocycles. The predicted molar refractivity (Wildman–Crippen MR) is 76.0 cm³/mol. The molecule has 2 amide bonds. The van der Waals surface area contributed by atoms with Crippen LogP contribution in [0.5, 0.6) is 0 Å². The van der Waals surface area contributed by atoms with Crippen molar-refractivity contribution in [3.63, 3.8) is 0 Å². The Morgan fingerprint density at radius 3 is 2.71 bits per heavy atom. The number of rotatable bonds is 1. The molecular formula is C15H24N2O4. The third-order valence-corrected chi connectivity index (χ3v) is 5.12. The Morgan fingerprint density at radius 1 is 1.14 bits per heavy atom. The monoisotopic (exact) mass is 296 g/mol. The molecule has 4 unspecified atom stereocenters. The number of urea groups is 1. The molecule has 4 atom stereocenters. The Balaban J connectivity index is 1.75. The number of hydrogen-bond donors (Lipinski definition) is 1. The van der Waals surface area contributed by atoms with E-state index in [1.54, 1.807) is 4.90 Å². The molecule has 2 aliphatic heterocycles. The van der Waals surface area contributed by atoms with Gasteiger partial charge in [0.15, 0.2) is 0 Å². The first-order valence-corrected chi connectivity index (χ1v) is 7.99. The van der Waals surface area contributed by atoms with Crippen molar-refractivity contribution in [1.29, 1.82) is 0 Å². The van der Waals surface area contributed by atoms with E-state index < -0.39 is 12.0 Å². The van der Waals surface area contributed by atoms with Gasteiger partial charge in [-0.2, -0.15) is 0 Å². The molecular weight excluding hydrogens is 272 g/mol. The smallest absolute Gasteiger partial charge is 0.326 e. The quantitative estimate of drug-likeness (QED) is 0.797. The van der Waals surface area contributed by atoms with Gasteiger partial charge in [0.25, 0.3) is 0 Å². The summed E-state index contributed by atoms with van der Waals surface area (Å²) >= 11 is 0. The molecule has 6 nitrogen and oxygen atoms in total. The van der Waals surface area contributed by atoms with Crippen LogP contribution in [-0.4, -0.2) is 64.8 Å². The second-order valence-electron chi connectivity index (χ2n) is 6.56. The maximum atomic E-state index is 12.9. The highest BCUT2D eigenvalue weighted by Gasteiger charge is 2.43. The summed E-state index contributed by atoms with van der Waals surface area (Å²) in [6.45, 7) is 3.75. The van der Waals surface area contributed by atoms with Crippen molar-refractivity contribution < 1.29 is 19.4 Å². The Hall–Kier alpha value is -1.30. The number of morpholine rings is 1. The summed E-state index contributed by atoms with van der Waals surface area (Å²) in [5, 5.41) is 9.42. The zero-order valence-corrected chi connectivity index (χ0v) is 12.5. The largest absolute Gasteiger partial charge is 0.480 e. The lowest BCUT2D eigenvalue weighted by Gasteiger charge is -2.43. The second kappa shape index (κ2) is 5.83. The van der Waals surface area contributed by atoms with Crippen molar-refractivity contribution in [2.75, 3.05) is 19.7 Å². The van der Waals surface area contributed by atoms with Gasteiger partial charge in [-0.05, 0) is 38.0 Å². The van der Waals surface area contributed by atoms with Gasteiger partial charge in [-0.25, -0.2) is 9.59 Å². The summed E-state index contributed by atoms with van der Waals surface area (Å²) in [6, 6.07) is -0.640. The third-order valence-electron chi connectivity index (χ3n) is 5.12. The van der Waals surface area contributed by atoms with Gasteiger partial charge >= 0.3 is 12.0 Å². The molecule has 3 aliphatic rings. The highest BCUT2D eigenvalue weighted by molar-refractivity contribution is 5.83. The van der Waals surface area contributed by atoms with Gasteiger partial charge in [0.2, 0.25) is 0 Å². The van der Waals surface area contributed by atoms with Crippen molar-refractivity contribution in [2.45, 2.75) is 57.2 Å². The minimum atomic E-state index is -0.883. The van der Waals surface area contributed by atoms with Crippen LogP contribution in [0.15, 0.2) is 0 Å². The van der Waals surface area contributed by atoms with Crippen molar-refractivity contribution in [1.82, 2.24) is 9.80 Å². The zero-order chi connectivity index (χ0) is 15.0. The third kappa shape index (κ3) is 2.73. The van der Waals surface area contributed by atoms with E-state index in [1.807, 2.05) is 4.90 Å². The predicted octanol–water partition coefficient (Wildman–Crippen LogP) is 1.54. The van der Waals surface area contributed by atoms with E-state index >= 15 is 0 Å².